The third kappa shape index (κ3) is 2.56. The number of aliphatic hydroxyl groups is 2. The minimum Gasteiger partial charge on any atom is -0.394 e. The molecule has 0 aromatic rings. The Morgan fingerprint density at radius 3 is 3.00 bits per heavy atom. The van der Waals surface area contributed by atoms with E-state index in [1.54, 1.807) is 11.0 Å². The van der Waals surface area contributed by atoms with Crippen LogP contribution in [0.1, 0.15) is 12.8 Å². The minimum absolute atomic E-state index is 0.174. The second-order valence-electron chi connectivity index (χ2n) is 4.75. The SMILES string of the molecule is C=CC[C@@]1(O)CC(CO)OC1N1C=CC(=O)NC1=C. The smallest absolute Gasteiger partial charge is 0.250 e. The van der Waals surface area contributed by atoms with Crippen LogP contribution >= 0.6 is 0 Å². The summed E-state index contributed by atoms with van der Waals surface area (Å²) in [6.45, 7) is 7.18. The van der Waals surface area contributed by atoms with Gasteiger partial charge in [-0.25, -0.2) is 0 Å². The Bertz CT molecular complexity index is 434. The van der Waals surface area contributed by atoms with Crippen LogP contribution in [0.25, 0.3) is 0 Å². The lowest BCUT2D eigenvalue weighted by atomic mass is 9.93. The molecule has 2 aliphatic rings. The summed E-state index contributed by atoms with van der Waals surface area (Å²) in [6, 6.07) is 0. The molecule has 19 heavy (non-hydrogen) atoms. The highest BCUT2D eigenvalue weighted by Gasteiger charge is 2.49. The monoisotopic (exact) mass is 266 g/mol. The zero-order chi connectivity index (χ0) is 14.0. The number of aliphatic hydroxyl groups excluding tert-OH is 1. The van der Waals surface area contributed by atoms with Gasteiger partial charge in [-0.15, -0.1) is 6.58 Å². The molecule has 0 radical (unpaired) electrons. The predicted octanol–water partition coefficient (Wildman–Crippen LogP) is -0.182. The average Bonchev–Trinajstić information content (AvgIpc) is 2.67. The highest BCUT2D eigenvalue weighted by atomic mass is 16.5. The Labute approximate surface area is 111 Å². The predicted molar refractivity (Wildman–Crippen MR) is 68.4 cm³/mol. The number of rotatable bonds is 4. The third-order valence-electron chi connectivity index (χ3n) is 3.28. The number of nitrogens with one attached hydrogen (secondary N) is 1. The van der Waals surface area contributed by atoms with E-state index in [1.807, 2.05) is 0 Å². The summed E-state index contributed by atoms with van der Waals surface area (Å²) < 4.78 is 5.64. The Balaban J connectivity index is 2.25. The van der Waals surface area contributed by atoms with Crippen LogP contribution in [0, 0.1) is 0 Å². The fourth-order valence-electron chi connectivity index (χ4n) is 2.42. The first-order valence-corrected chi connectivity index (χ1v) is 6.06. The number of ether oxygens (including phenoxy) is 1. The lowest BCUT2D eigenvalue weighted by Gasteiger charge is -2.38. The molecule has 0 aliphatic carbocycles. The van der Waals surface area contributed by atoms with Crippen LogP contribution in [0.5, 0.6) is 0 Å². The van der Waals surface area contributed by atoms with Crippen molar-refractivity contribution in [3.8, 4) is 0 Å². The molecule has 6 nitrogen and oxygen atoms in total. The Kier molecular flexibility index (Phi) is 3.75. The van der Waals surface area contributed by atoms with Gasteiger partial charge in [0.05, 0.1) is 12.7 Å². The maximum atomic E-state index is 11.2. The van der Waals surface area contributed by atoms with E-state index in [1.165, 1.54) is 12.3 Å². The van der Waals surface area contributed by atoms with Gasteiger partial charge in [-0.2, -0.15) is 0 Å². The van der Waals surface area contributed by atoms with E-state index in [2.05, 4.69) is 18.5 Å². The lowest BCUT2D eigenvalue weighted by molar-refractivity contribution is -0.124. The quantitative estimate of drug-likeness (QED) is 0.615. The number of amides is 1. The van der Waals surface area contributed by atoms with Crippen molar-refractivity contribution in [2.24, 2.45) is 0 Å². The van der Waals surface area contributed by atoms with Crippen molar-refractivity contribution in [1.82, 2.24) is 10.2 Å². The molecule has 0 bridgehead atoms. The van der Waals surface area contributed by atoms with Gasteiger partial charge in [0.1, 0.15) is 11.4 Å². The molecule has 3 N–H and O–H groups in total. The number of hydrogen-bond donors (Lipinski definition) is 3. The van der Waals surface area contributed by atoms with Crippen molar-refractivity contribution in [3.63, 3.8) is 0 Å². The van der Waals surface area contributed by atoms with E-state index in [4.69, 9.17) is 4.74 Å². The van der Waals surface area contributed by atoms with Gasteiger partial charge in [-0.05, 0) is 6.42 Å². The van der Waals surface area contributed by atoms with Crippen LogP contribution in [0.4, 0.5) is 0 Å². The minimum atomic E-state index is -1.18. The first kappa shape index (κ1) is 13.8. The van der Waals surface area contributed by atoms with E-state index >= 15 is 0 Å². The first-order valence-electron chi connectivity index (χ1n) is 6.06. The molecule has 1 fully saturated rings. The maximum absolute atomic E-state index is 11.2. The van der Waals surface area contributed by atoms with Crippen LogP contribution in [0.3, 0.4) is 0 Å². The van der Waals surface area contributed by atoms with Gasteiger partial charge in [0.2, 0.25) is 0 Å². The van der Waals surface area contributed by atoms with E-state index in [0.29, 0.717) is 18.7 Å². The Morgan fingerprint density at radius 1 is 1.68 bits per heavy atom. The highest BCUT2D eigenvalue weighted by molar-refractivity contribution is 5.89. The van der Waals surface area contributed by atoms with E-state index in [0.717, 1.165) is 0 Å². The second-order valence-corrected chi connectivity index (χ2v) is 4.75. The molecule has 0 aromatic heterocycles. The summed E-state index contributed by atoms with van der Waals surface area (Å²) in [5.41, 5.74) is -1.18. The molecule has 6 heteroatoms. The Morgan fingerprint density at radius 2 is 2.42 bits per heavy atom. The van der Waals surface area contributed by atoms with Crippen LogP contribution in [0.15, 0.2) is 37.3 Å². The van der Waals surface area contributed by atoms with E-state index < -0.39 is 17.9 Å². The number of nitrogens with zero attached hydrogens (tertiary/aromatic N) is 1. The van der Waals surface area contributed by atoms with Gasteiger partial charge in [0.25, 0.3) is 5.91 Å². The first-order chi connectivity index (χ1) is 9.00. The zero-order valence-electron chi connectivity index (χ0n) is 10.6. The largest absolute Gasteiger partial charge is 0.394 e. The molecular formula is C13H18N2O4. The van der Waals surface area contributed by atoms with E-state index in [-0.39, 0.29) is 12.5 Å². The normalized spacial score (nSPS) is 34.5. The van der Waals surface area contributed by atoms with Crippen molar-refractivity contribution >= 4 is 5.91 Å². The molecule has 2 aliphatic heterocycles. The van der Waals surface area contributed by atoms with Gasteiger partial charge < -0.3 is 25.2 Å². The molecule has 0 saturated carbocycles. The Hall–Kier alpha value is -1.63. The number of carbonyl (C=O) groups excluding carboxylic acids is 1. The van der Waals surface area contributed by atoms with Crippen LogP contribution in [0.2, 0.25) is 0 Å². The van der Waals surface area contributed by atoms with E-state index in [9.17, 15) is 15.0 Å². The lowest BCUT2D eigenvalue weighted by Crippen LogP contribution is -2.51. The molecule has 1 saturated heterocycles. The molecule has 2 unspecified atom stereocenters. The average molecular weight is 266 g/mol. The summed E-state index contributed by atoms with van der Waals surface area (Å²) in [6.07, 6.45) is 3.90. The third-order valence-corrected chi connectivity index (χ3v) is 3.28. The molecule has 1 amide bonds. The van der Waals surface area contributed by atoms with Gasteiger partial charge >= 0.3 is 0 Å². The van der Waals surface area contributed by atoms with Crippen molar-refractivity contribution in [2.45, 2.75) is 30.8 Å². The number of hydrogen-bond acceptors (Lipinski definition) is 5. The summed E-state index contributed by atoms with van der Waals surface area (Å²) in [5.74, 6) is 0.0591. The summed E-state index contributed by atoms with van der Waals surface area (Å²) in [7, 11) is 0. The standard InChI is InChI=1S/C13H18N2O4/c1-3-5-13(18)7-10(8-16)19-12(13)15-6-4-11(17)14-9(15)2/h3-4,6,10,12,16,18H,1-2,5,7-8H2,(H,14,17)/t10?,12?,13-/m1/s1. The van der Waals surface area contributed by atoms with Crippen LogP contribution < -0.4 is 5.32 Å². The van der Waals surface area contributed by atoms with Crippen molar-refractivity contribution < 1.29 is 19.7 Å². The van der Waals surface area contributed by atoms with Crippen LogP contribution in [-0.4, -0.2) is 45.6 Å². The van der Waals surface area contributed by atoms with Crippen LogP contribution in [-0.2, 0) is 9.53 Å². The fourth-order valence-corrected chi connectivity index (χ4v) is 2.42. The second kappa shape index (κ2) is 5.16. The highest BCUT2D eigenvalue weighted by Crippen LogP contribution is 2.37. The van der Waals surface area contributed by atoms with Gasteiger partial charge in [-0.3, -0.25) is 4.79 Å². The van der Waals surface area contributed by atoms with Gasteiger partial charge in [0, 0.05) is 18.7 Å². The summed E-state index contributed by atoms with van der Waals surface area (Å²) in [4.78, 5) is 12.8. The fraction of sp³-hybridized carbons (Fsp3) is 0.462. The molecular weight excluding hydrogens is 248 g/mol. The van der Waals surface area contributed by atoms with Crippen molar-refractivity contribution in [1.29, 1.82) is 0 Å². The summed E-state index contributed by atoms with van der Waals surface area (Å²) in [5, 5.41) is 22.4. The van der Waals surface area contributed by atoms with Gasteiger partial charge in [0.15, 0.2) is 6.23 Å². The van der Waals surface area contributed by atoms with Crippen molar-refractivity contribution in [2.75, 3.05) is 6.61 Å². The zero-order valence-corrected chi connectivity index (χ0v) is 10.6. The maximum Gasteiger partial charge on any atom is 0.250 e. The summed E-state index contributed by atoms with van der Waals surface area (Å²) >= 11 is 0. The molecule has 3 atom stereocenters. The molecule has 2 rings (SSSR count). The molecule has 0 spiro atoms. The molecule has 104 valence electrons. The molecule has 2 heterocycles. The van der Waals surface area contributed by atoms with Gasteiger partial charge in [-0.1, -0.05) is 12.7 Å². The topological polar surface area (TPSA) is 82.0 Å². The van der Waals surface area contributed by atoms with Crippen molar-refractivity contribution in [3.05, 3.63) is 37.3 Å². The molecule has 0 aromatic carbocycles. The number of carbonyl (C=O) groups is 1.